The van der Waals surface area contributed by atoms with Gasteiger partial charge in [-0.2, -0.15) is 0 Å². The molecule has 8 heteroatoms. The molecule has 5 N–H and O–H groups in total. The molecule has 0 bridgehead atoms. The Bertz CT molecular complexity index is 891. The van der Waals surface area contributed by atoms with E-state index in [1.165, 1.54) is 30.3 Å². The maximum atomic E-state index is 12.3. The molecule has 0 aromatic heterocycles. The van der Waals surface area contributed by atoms with Crippen LogP contribution in [0, 0.1) is 6.92 Å². The van der Waals surface area contributed by atoms with E-state index in [1.54, 1.807) is 19.1 Å². The first kappa shape index (κ1) is 16.7. The van der Waals surface area contributed by atoms with Gasteiger partial charge in [0.2, 0.25) is 10.0 Å². The second-order valence-corrected chi connectivity index (χ2v) is 6.51. The Morgan fingerprint density at radius 2 is 1.74 bits per heavy atom. The number of anilines is 1. The normalized spacial score (nSPS) is 11.0. The zero-order valence-corrected chi connectivity index (χ0v) is 13.1. The number of primary sulfonamides is 1. The zero-order chi connectivity index (χ0) is 17.2. The van der Waals surface area contributed by atoms with Crippen LogP contribution < -0.4 is 16.2 Å². The maximum Gasteiger partial charge on any atom is 0.255 e. The van der Waals surface area contributed by atoms with Crippen molar-refractivity contribution >= 4 is 27.5 Å². The van der Waals surface area contributed by atoms with E-state index in [1.807, 2.05) is 0 Å². The predicted octanol–water partition coefficient (Wildman–Crippen LogP) is 0.994. The first-order valence-corrected chi connectivity index (χ1v) is 8.08. The van der Waals surface area contributed by atoms with Crippen molar-refractivity contribution in [1.29, 1.82) is 0 Å². The van der Waals surface area contributed by atoms with E-state index in [-0.39, 0.29) is 21.7 Å². The van der Waals surface area contributed by atoms with Crippen LogP contribution in [0.2, 0.25) is 0 Å². The number of carbonyl (C=O) groups is 2. The van der Waals surface area contributed by atoms with E-state index < -0.39 is 21.8 Å². The second kappa shape index (κ2) is 6.19. The number of primary amides is 1. The summed E-state index contributed by atoms with van der Waals surface area (Å²) in [5, 5.41) is 7.63. The molecule has 23 heavy (non-hydrogen) atoms. The molecule has 2 amide bonds. The molecule has 2 aromatic carbocycles. The van der Waals surface area contributed by atoms with Crippen LogP contribution in [0.4, 0.5) is 5.69 Å². The average Bonchev–Trinajstić information content (AvgIpc) is 2.46. The molecule has 0 radical (unpaired) electrons. The lowest BCUT2D eigenvalue weighted by molar-refractivity contribution is 0.100. The molecule has 0 saturated heterocycles. The largest absolute Gasteiger partial charge is 0.366 e. The van der Waals surface area contributed by atoms with Crippen molar-refractivity contribution in [2.45, 2.75) is 11.8 Å². The van der Waals surface area contributed by atoms with E-state index in [0.717, 1.165) is 0 Å². The summed E-state index contributed by atoms with van der Waals surface area (Å²) < 4.78 is 22.9. The van der Waals surface area contributed by atoms with Gasteiger partial charge in [0.05, 0.1) is 16.1 Å². The molecule has 0 aliphatic rings. The summed E-state index contributed by atoms with van der Waals surface area (Å²) in [5.41, 5.74) is 6.31. The molecule has 0 aliphatic heterocycles. The summed E-state index contributed by atoms with van der Waals surface area (Å²) in [5.74, 6) is -1.26. The van der Waals surface area contributed by atoms with Gasteiger partial charge in [-0.25, -0.2) is 13.6 Å². The summed E-state index contributed by atoms with van der Waals surface area (Å²) in [6.45, 7) is 1.64. The quantitative estimate of drug-likeness (QED) is 0.769. The fourth-order valence-corrected chi connectivity index (χ4v) is 2.69. The molecule has 7 nitrogen and oxygen atoms in total. The number of sulfonamides is 1. The monoisotopic (exact) mass is 333 g/mol. The lowest BCUT2D eigenvalue weighted by Gasteiger charge is -2.10. The fraction of sp³-hybridized carbons (Fsp3) is 0.0667. The van der Waals surface area contributed by atoms with E-state index in [0.29, 0.717) is 5.56 Å². The standard InChI is InChI=1S/C15H15N3O4S/c1-9-6-10(8-11(7-9)23(17,21)22)15(20)18-13-5-3-2-4-12(13)14(16)19/h2-8H,1H3,(H2,16,19)(H,18,20)(H2,17,21,22). The average molecular weight is 333 g/mol. The Balaban J connectivity index is 2.39. The van der Waals surface area contributed by atoms with Crippen molar-refractivity contribution in [2.24, 2.45) is 10.9 Å². The molecule has 0 unspecified atom stereocenters. The zero-order valence-electron chi connectivity index (χ0n) is 12.2. The summed E-state index contributed by atoms with van der Waals surface area (Å²) in [4.78, 5) is 23.5. The highest BCUT2D eigenvalue weighted by atomic mass is 32.2. The number of carbonyl (C=O) groups excluding carboxylic acids is 2. The topological polar surface area (TPSA) is 132 Å². The summed E-state index contributed by atoms with van der Waals surface area (Å²) >= 11 is 0. The number of hydrogen-bond acceptors (Lipinski definition) is 4. The van der Waals surface area contributed by atoms with Crippen molar-refractivity contribution in [3.63, 3.8) is 0 Å². The number of nitrogens with two attached hydrogens (primary N) is 2. The molecular weight excluding hydrogens is 318 g/mol. The molecule has 2 rings (SSSR count). The highest BCUT2D eigenvalue weighted by Crippen LogP contribution is 2.18. The van der Waals surface area contributed by atoms with Gasteiger partial charge >= 0.3 is 0 Å². The molecule has 0 heterocycles. The number of rotatable bonds is 4. The molecular formula is C15H15N3O4S. The smallest absolute Gasteiger partial charge is 0.255 e. The SMILES string of the molecule is Cc1cc(C(=O)Nc2ccccc2C(N)=O)cc(S(N)(=O)=O)c1. The molecule has 0 fully saturated rings. The van der Waals surface area contributed by atoms with Crippen molar-refractivity contribution in [1.82, 2.24) is 0 Å². The van der Waals surface area contributed by atoms with Gasteiger partial charge in [-0.05, 0) is 42.8 Å². The van der Waals surface area contributed by atoms with Crippen LogP contribution >= 0.6 is 0 Å². The molecule has 0 atom stereocenters. The minimum absolute atomic E-state index is 0.105. The van der Waals surface area contributed by atoms with Gasteiger partial charge in [-0.3, -0.25) is 9.59 Å². The van der Waals surface area contributed by atoms with E-state index in [9.17, 15) is 18.0 Å². The van der Waals surface area contributed by atoms with Gasteiger partial charge in [0.1, 0.15) is 0 Å². The molecule has 120 valence electrons. The van der Waals surface area contributed by atoms with Gasteiger partial charge in [-0.15, -0.1) is 0 Å². The van der Waals surface area contributed by atoms with Crippen LogP contribution in [-0.4, -0.2) is 20.2 Å². The Morgan fingerprint density at radius 1 is 1.09 bits per heavy atom. The lowest BCUT2D eigenvalue weighted by atomic mass is 10.1. The second-order valence-electron chi connectivity index (χ2n) is 4.94. The Morgan fingerprint density at radius 3 is 2.35 bits per heavy atom. The third kappa shape index (κ3) is 3.93. The van der Waals surface area contributed by atoms with Crippen LogP contribution in [0.25, 0.3) is 0 Å². The Labute approximate surface area is 133 Å². The number of nitrogens with one attached hydrogen (secondary N) is 1. The van der Waals surface area contributed by atoms with Crippen LogP contribution in [0.5, 0.6) is 0 Å². The predicted molar refractivity (Wildman–Crippen MR) is 85.5 cm³/mol. The van der Waals surface area contributed by atoms with E-state index >= 15 is 0 Å². The first-order chi connectivity index (χ1) is 10.7. The van der Waals surface area contributed by atoms with Crippen LogP contribution in [-0.2, 0) is 10.0 Å². The number of para-hydroxylation sites is 1. The molecule has 0 saturated carbocycles. The van der Waals surface area contributed by atoms with Gasteiger partial charge in [-0.1, -0.05) is 12.1 Å². The third-order valence-electron chi connectivity index (χ3n) is 3.08. The highest BCUT2D eigenvalue weighted by Gasteiger charge is 2.15. The van der Waals surface area contributed by atoms with Crippen molar-refractivity contribution in [3.05, 3.63) is 59.2 Å². The minimum Gasteiger partial charge on any atom is -0.366 e. The van der Waals surface area contributed by atoms with Crippen molar-refractivity contribution in [2.75, 3.05) is 5.32 Å². The lowest BCUT2D eigenvalue weighted by Crippen LogP contribution is -2.19. The molecule has 2 aromatic rings. The van der Waals surface area contributed by atoms with Crippen LogP contribution in [0.3, 0.4) is 0 Å². The number of hydrogen-bond donors (Lipinski definition) is 3. The van der Waals surface area contributed by atoms with Crippen LogP contribution in [0.1, 0.15) is 26.3 Å². The van der Waals surface area contributed by atoms with Gasteiger partial charge in [0.15, 0.2) is 0 Å². The van der Waals surface area contributed by atoms with Crippen molar-refractivity contribution < 1.29 is 18.0 Å². The number of benzene rings is 2. The first-order valence-electron chi connectivity index (χ1n) is 6.53. The Hall–Kier alpha value is -2.71. The van der Waals surface area contributed by atoms with Crippen LogP contribution in [0.15, 0.2) is 47.4 Å². The number of aryl methyl sites for hydroxylation is 1. The summed E-state index contributed by atoms with van der Waals surface area (Å²) in [6.07, 6.45) is 0. The molecule has 0 spiro atoms. The molecule has 0 aliphatic carbocycles. The van der Waals surface area contributed by atoms with Crippen molar-refractivity contribution in [3.8, 4) is 0 Å². The van der Waals surface area contributed by atoms with E-state index in [2.05, 4.69) is 5.32 Å². The fourth-order valence-electron chi connectivity index (χ4n) is 2.04. The minimum atomic E-state index is -3.93. The highest BCUT2D eigenvalue weighted by molar-refractivity contribution is 7.89. The van der Waals surface area contributed by atoms with E-state index in [4.69, 9.17) is 10.9 Å². The summed E-state index contributed by atoms with van der Waals surface area (Å²) in [7, 11) is -3.93. The Kier molecular flexibility index (Phi) is 4.48. The maximum absolute atomic E-state index is 12.3. The summed E-state index contributed by atoms with van der Waals surface area (Å²) in [6, 6.07) is 10.3. The third-order valence-corrected chi connectivity index (χ3v) is 3.98. The van der Waals surface area contributed by atoms with Gasteiger partial charge < -0.3 is 11.1 Å². The van der Waals surface area contributed by atoms with Gasteiger partial charge in [0.25, 0.3) is 11.8 Å². The number of amides is 2. The van der Waals surface area contributed by atoms with Gasteiger partial charge in [0, 0.05) is 5.56 Å².